The van der Waals surface area contributed by atoms with Gasteiger partial charge in [0.25, 0.3) is 0 Å². The van der Waals surface area contributed by atoms with Gasteiger partial charge in [-0.2, -0.15) is 0 Å². The largest absolute Gasteiger partial charge is 0.465 e. The second-order valence-electron chi connectivity index (χ2n) is 5.20. The van der Waals surface area contributed by atoms with E-state index in [4.69, 9.17) is 4.74 Å². The molecule has 2 rings (SSSR count). The Bertz CT molecular complexity index is 438. The van der Waals surface area contributed by atoms with Crippen molar-refractivity contribution in [3.05, 3.63) is 11.1 Å². The summed E-state index contributed by atoms with van der Waals surface area (Å²) in [5, 5.41) is 2.95. The number of ether oxygens (including phenoxy) is 1. The lowest BCUT2D eigenvalue weighted by atomic mass is 9.90. The van der Waals surface area contributed by atoms with E-state index in [1.807, 2.05) is 26.2 Å². The number of hydrogen-bond donors (Lipinski definition) is 0. The number of carbonyl (C=O) groups is 1. The van der Waals surface area contributed by atoms with Crippen molar-refractivity contribution < 1.29 is 9.53 Å². The SMILES string of the molecule is CCOC(=O)C(C)(C)c1csc(N(C)C2CC2)n1. The number of anilines is 1. The van der Waals surface area contributed by atoms with Crippen molar-refractivity contribution in [1.82, 2.24) is 4.98 Å². The predicted molar refractivity (Wildman–Crippen MR) is 73.2 cm³/mol. The van der Waals surface area contributed by atoms with E-state index in [9.17, 15) is 4.79 Å². The van der Waals surface area contributed by atoms with Crippen LogP contribution in [0.25, 0.3) is 0 Å². The van der Waals surface area contributed by atoms with Gasteiger partial charge in [0.2, 0.25) is 0 Å². The van der Waals surface area contributed by atoms with Gasteiger partial charge in [-0.1, -0.05) is 0 Å². The number of esters is 1. The number of aromatic nitrogens is 1. The smallest absolute Gasteiger partial charge is 0.317 e. The Morgan fingerprint density at radius 1 is 1.61 bits per heavy atom. The Morgan fingerprint density at radius 2 is 2.28 bits per heavy atom. The highest BCUT2D eigenvalue weighted by Crippen LogP contribution is 2.34. The average Bonchev–Trinajstić information content (AvgIpc) is 3.05. The lowest BCUT2D eigenvalue weighted by molar-refractivity contribution is -0.148. The first-order valence-corrected chi connectivity index (χ1v) is 7.20. The average molecular weight is 268 g/mol. The van der Waals surface area contributed by atoms with Crippen LogP contribution in [0.5, 0.6) is 0 Å². The van der Waals surface area contributed by atoms with E-state index in [1.54, 1.807) is 11.3 Å². The van der Waals surface area contributed by atoms with Crippen LogP contribution in [0.4, 0.5) is 5.13 Å². The van der Waals surface area contributed by atoms with Crippen LogP contribution in [-0.4, -0.2) is 30.6 Å². The number of carbonyl (C=O) groups excluding carboxylic acids is 1. The van der Waals surface area contributed by atoms with Crippen LogP contribution in [0.3, 0.4) is 0 Å². The minimum atomic E-state index is -0.671. The van der Waals surface area contributed by atoms with Gasteiger partial charge < -0.3 is 9.64 Å². The molecule has 0 atom stereocenters. The fourth-order valence-corrected chi connectivity index (χ4v) is 2.78. The molecule has 0 radical (unpaired) electrons. The highest BCUT2D eigenvalue weighted by molar-refractivity contribution is 7.13. The number of nitrogens with zero attached hydrogens (tertiary/aromatic N) is 2. The zero-order valence-corrected chi connectivity index (χ0v) is 12.2. The van der Waals surface area contributed by atoms with E-state index in [0.29, 0.717) is 12.6 Å². The van der Waals surface area contributed by atoms with Crippen molar-refractivity contribution in [3.63, 3.8) is 0 Å². The Labute approximate surface area is 112 Å². The normalized spacial score (nSPS) is 15.6. The Balaban J connectivity index is 2.15. The van der Waals surface area contributed by atoms with E-state index in [1.165, 1.54) is 12.8 Å². The summed E-state index contributed by atoms with van der Waals surface area (Å²) in [5.41, 5.74) is 0.128. The predicted octanol–water partition coefficient (Wildman–Crippen LogP) is 2.58. The summed E-state index contributed by atoms with van der Waals surface area (Å²) >= 11 is 1.60. The van der Waals surface area contributed by atoms with Crippen LogP contribution in [0.1, 0.15) is 39.3 Å². The van der Waals surface area contributed by atoms with Gasteiger partial charge in [-0.25, -0.2) is 4.98 Å². The van der Waals surface area contributed by atoms with E-state index >= 15 is 0 Å². The van der Waals surface area contributed by atoms with Crippen LogP contribution < -0.4 is 4.90 Å². The van der Waals surface area contributed by atoms with Crippen LogP contribution in [0.15, 0.2) is 5.38 Å². The quantitative estimate of drug-likeness (QED) is 0.770. The molecular formula is C13H20N2O2S. The molecule has 0 bridgehead atoms. The van der Waals surface area contributed by atoms with E-state index in [-0.39, 0.29) is 5.97 Å². The second-order valence-corrected chi connectivity index (χ2v) is 6.04. The maximum absolute atomic E-state index is 11.9. The molecule has 1 aromatic rings. The molecule has 100 valence electrons. The maximum Gasteiger partial charge on any atom is 0.317 e. The molecule has 0 amide bonds. The summed E-state index contributed by atoms with van der Waals surface area (Å²) in [5.74, 6) is -0.212. The first-order chi connectivity index (χ1) is 8.46. The topological polar surface area (TPSA) is 42.4 Å². The molecule has 0 unspecified atom stereocenters. The van der Waals surface area contributed by atoms with Crippen molar-refractivity contribution in [1.29, 1.82) is 0 Å². The highest BCUT2D eigenvalue weighted by atomic mass is 32.1. The number of thiazole rings is 1. The van der Waals surface area contributed by atoms with Gasteiger partial charge in [0.15, 0.2) is 5.13 Å². The molecular weight excluding hydrogens is 248 g/mol. The summed E-state index contributed by atoms with van der Waals surface area (Å²) in [7, 11) is 2.07. The Morgan fingerprint density at radius 3 is 2.83 bits per heavy atom. The third-order valence-electron chi connectivity index (χ3n) is 3.31. The molecule has 0 spiro atoms. The minimum absolute atomic E-state index is 0.212. The minimum Gasteiger partial charge on any atom is -0.465 e. The Hall–Kier alpha value is -1.10. The molecule has 1 aliphatic carbocycles. The van der Waals surface area contributed by atoms with E-state index in [2.05, 4.69) is 16.9 Å². The zero-order valence-electron chi connectivity index (χ0n) is 11.4. The summed E-state index contributed by atoms with van der Waals surface area (Å²) in [6, 6.07) is 0.634. The molecule has 1 saturated carbocycles. The first-order valence-electron chi connectivity index (χ1n) is 6.33. The number of rotatable bonds is 5. The summed E-state index contributed by atoms with van der Waals surface area (Å²) in [4.78, 5) is 18.7. The van der Waals surface area contributed by atoms with Crippen LogP contribution in [0.2, 0.25) is 0 Å². The molecule has 1 aromatic heterocycles. The van der Waals surface area contributed by atoms with Gasteiger partial charge in [-0.3, -0.25) is 4.79 Å². The molecule has 0 aromatic carbocycles. The van der Waals surface area contributed by atoms with Gasteiger partial charge in [-0.05, 0) is 33.6 Å². The molecule has 0 N–H and O–H groups in total. The van der Waals surface area contributed by atoms with Gasteiger partial charge >= 0.3 is 5.97 Å². The van der Waals surface area contributed by atoms with Crippen molar-refractivity contribution >= 4 is 22.4 Å². The number of hydrogen-bond acceptors (Lipinski definition) is 5. The second kappa shape index (κ2) is 4.88. The lowest BCUT2D eigenvalue weighted by Gasteiger charge is -2.20. The van der Waals surface area contributed by atoms with E-state index in [0.717, 1.165) is 10.8 Å². The molecule has 1 fully saturated rings. The maximum atomic E-state index is 11.9. The summed E-state index contributed by atoms with van der Waals surface area (Å²) < 4.78 is 5.10. The third-order valence-corrected chi connectivity index (χ3v) is 4.25. The fourth-order valence-electron chi connectivity index (χ4n) is 1.75. The van der Waals surface area contributed by atoms with Gasteiger partial charge in [0.1, 0.15) is 5.41 Å². The monoisotopic (exact) mass is 268 g/mol. The molecule has 4 nitrogen and oxygen atoms in total. The van der Waals surface area contributed by atoms with Crippen molar-refractivity contribution in [2.24, 2.45) is 0 Å². The summed E-state index contributed by atoms with van der Waals surface area (Å²) in [6.45, 7) is 5.95. The lowest BCUT2D eigenvalue weighted by Crippen LogP contribution is -2.31. The third kappa shape index (κ3) is 2.51. The van der Waals surface area contributed by atoms with Gasteiger partial charge in [-0.15, -0.1) is 11.3 Å². The molecule has 18 heavy (non-hydrogen) atoms. The molecule has 1 aliphatic rings. The van der Waals surface area contributed by atoms with Crippen LogP contribution in [-0.2, 0) is 14.9 Å². The van der Waals surface area contributed by atoms with Crippen molar-refractivity contribution in [3.8, 4) is 0 Å². The first kappa shape index (κ1) is 13.3. The fraction of sp³-hybridized carbons (Fsp3) is 0.692. The summed E-state index contributed by atoms with van der Waals surface area (Å²) in [6.07, 6.45) is 2.49. The van der Waals surface area contributed by atoms with Crippen molar-refractivity contribution in [2.45, 2.75) is 45.1 Å². The van der Waals surface area contributed by atoms with Crippen molar-refractivity contribution in [2.75, 3.05) is 18.6 Å². The zero-order chi connectivity index (χ0) is 13.3. The van der Waals surface area contributed by atoms with Gasteiger partial charge in [0.05, 0.1) is 12.3 Å². The molecule has 1 heterocycles. The van der Waals surface area contributed by atoms with E-state index < -0.39 is 5.41 Å². The standard InChI is InChI=1S/C13H20N2O2S/c1-5-17-11(16)13(2,3)10-8-18-12(14-10)15(4)9-6-7-9/h8-9H,5-7H2,1-4H3. The highest BCUT2D eigenvalue weighted by Gasteiger charge is 2.35. The Kier molecular flexibility index (Phi) is 3.61. The van der Waals surface area contributed by atoms with Crippen LogP contribution in [0, 0.1) is 0 Å². The molecule has 0 aliphatic heterocycles. The van der Waals surface area contributed by atoms with Gasteiger partial charge in [0, 0.05) is 18.5 Å². The molecule has 0 saturated heterocycles. The molecule has 5 heteroatoms. The van der Waals surface area contributed by atoms with Crippen LogP contribution >= 0.6 is 11.3 Å².